The van der Waals surface area contributed by atoms with Gasteiger partial charge < -0.3 is 5.11 Å². The third kappa shape index (κ3) is 3.84. The fraction of sp³-hybridized carbons (Fsp3) is 0.0435. The lowest BCUT2D eigenvalue weighted by atomic mass is 9.91. The monoisotopic (exact) mass is 429 g/mol. The molecule has 3 nitrogen and oxygen atoms in total. The molecule has 0 bridgehead atoms. The van der Waals surface area contributed by atoms with Gasteiger partial charge in [-0.1, -0.05) is 6.07 Å². The SMILES string of the molecule is O=C(c1ccc(F)cc1)c1c(-c2ccc(C(F)(F)F)cc2F)cnc2cc(O)ccc12. The normalized spacial score (nSPS) is 11.6. The van der Waals surface area contributed by atoms with Crippen LogP contribution in [-0.4, -0.2) is 15.9 Å². The number of hydrogen-bond acceptors (Lipinski definition) is 3. The summed E-state index contributed by atoms with van der Waals surface area (Å²) in [6.07, 6.45) is -3.57. The predicted octanol–water partition coefficient (Wildman–Crippen LogP) is 6.14. The van der Waals surface area contributed by atoms with Crippen molar-refractivity contribution in [2.24, 2.45) is 0 Å². The summed E-state index contributed by atoms with van der Waals surface area (Å²) < 4.78 is 66.8. The fourth-order valence-electron chi connectivity index (χ4n) is 3.29. The second-order valence-corrected chi connectivity index (χ2v) is 6.78. The highest BCUT2D eigenvalue weighted by atomic mass is 19.4. The Kier molecular flexibility index (Phi) is 4.93. The van der Waals surface area contributed by atoms with Crippen LogP contribution in [0, 0.1) is 11.6 Å². The Labute approximate surface area is 172 Å². The van der Waals surface area contributed by atoms with E-state index in [1.807, 2.05) is 0 Å². The number of halogens is 5. The first-order valence-corrected chi connectivity index (χ1v) is 8.94. The molecular formula is C23H12F5NO2. The van der Waals surface area contributed by atoms with Gasteiger partial charge in [-0.3, -0.25) is 9.78 Å². The molecule has 0 saturated carbocycles. The minimum Gasteiger partial charge on any atom is -0.508 e. The van der Waals surface area contributed by atoms with Crippen LogP contribution in [0.25, 0.3) is 22.0 Å². The van der Waals surface area contributed by atoms with Crippen LogP contribution in [0.15, 0.2) is 66.9 Å². The van der Waals surface area contributed by atoms with E-state index < -0.39 is 29.2 Å². The molecule has 4 aromatic rings. The molecule has 156 valence electrons. The number of ketones is 1. The van der Waals surface area contributed by atoms with Gasteiger partial charge in [0.25, 0.3) is 0 Å². The lowest BCUT2D eigenvalue weighted by Gasteiger charge is -2.14. The number of carbonyl (C=O) groups is 1. The Hall–Kier alpha value is -3.81. The van der Waals surface area contributed by atoms with Crippen LogP contribution in [0.3, 0.4) is 0 Å². The van der Waals surface area contributed by atoms with Gasteiger partial charge in [0.15, 0.2) is 5.78 Å². The van der Waals surface area contributed by atoms with E-state index in [1.165, 1.54) is 30.3 Å². The van der Waals surface area contributed by atoms with Gasteiger partial charge in [-0.15, -0.1) is 0 Å². The van der Waals surface area contributed by atoms with E-state index in [0.717, 1.165) is 24.4 Å². The number of benzene rings is 3. The van der Waals surface area contributed by atoms with E-state index >= 15 is 0 Å². The number of hydrogen-bond donors (Lipinski definition) is 1. The van der Waals surface area contributed by atoms with Crippen molar-refractivity contribution in [3.05, 3.63) is 95.2 Å². The molecule has 8 heteroatoms. The summed E-state index contributed by atoms with van der Waals surface area (Å²) in [5, 5.41) is 9.97. The third-order valence-electron chi connectivity index (χ3n) is 4.77. The van der Waals surface area contributed by atoms with Crippen LogP contribution < -0.4 is 0 Å². The van der Waals surface area contributed by atoms with Crippen molar-refractivity contribution in [1.82, 2.24) is 4.98 Å². The molecule has 0 aliphatic rings. The molecule has 0 aliphatic carbocycles. The van der Waals surface area contributed by atoms with Crippen molar-refractivity contribution >= 4 is 16.7 Å². The topological polar surface area (TPSA) is 50.2 Å². The molecule has 0 unspecified atom stereocenters. The predicted molar refractivity (Wildman–Crippen MR) is 104 cm³/mol. The van der Waals surface area contributed by atoms with Crippen molar-refractivity contribution in [2.75, 3.05) is 0 Å². The molecule has 0 aliphatic heterocycles. The highest BCUT2D eigenvalue weighted by Crippen LogP contribution is 2.36. The van der Waals surface area contributed by atoms with Crippen LogP contribution in [-0.2, 0) is 6.18 Å². The van der Waals surface area contributed by atoms with E-state index in [0.29, 0.717) is 12.1 Å². The number of phenols is 1. The van der Waals surface area contributed by atoms with Gasteiger partial charge in [-0.2, -0.15) is 13.2 Å². The number of nitrogens with zero attached hydrogens (tertiary/aromatic N) is 1. The number of pyridine rings is 1. The van der Waals surface area contributed by atoms with Gasteiger partial charge in [-0.05, 0) is 48.5 Å². The van der Waals surface area contributed by atoms with Gasteiger partial charge in [0.1, 0.15) is 17.4 Å². The second-order valence-electron chi connectivity index (χ2n) is 6.78. The molecular weight excluding hydrogens is 417 g/mol. The van der Waals surface area contributed by atoms with Crippen LogP contribution in [0.1, 0.15) is 21.5 Å². The minimum absolute atomic E-state index is 0.0289. The lowest BCUT2D eigenvalue weighted by Crippen LogP contribution is -2.08. The average Bonchev–Trinajstić information content (AvgIpc) is 2.72. The summed E-state index contributed by atoms with van der Waals surface area (Å²) in [6, 6.07) is 10.7. The first-order valence-electron chi connectivity index (χ1n) is 8.94. The zero-order valence-electron chi connectivity index (χ0n) is 15.5. The second kappa shape index (κ2) is 7.46. The van der Waals surface area contributed by atoms with Crippen LogP contribution >= 0.6 is 0 Å². The summed E-state index contributed by atoms with van der Waals surface area (Å²) in [4.78, 5) is 17.4. The molecule has 0 spiro atoms. The molecule has 0 fully saturated rings. The number of phenolic OH excluding ortho intramolecular Hbond substituents is 1. The van der Waals surface area contributed by atoms with Crippen LogP contribution in [0.5, 0.6) is 5.75 Å². The molecule has 31 heavy (non-hydrogen) atoms. The molecule has 1 heterocycles. The molecule has 1 N–H and O–H groups in total. The zero-order valence-corrected chi connectivity index (χ0v) is 15.5. The first-order chi connectivity index (χ1) is 14.6. The highest BCUT2D eigenvalue weighted by molar-refractivity contribution is 6.19. The first kappa shape index (κ1) is 20.5. The maximum Gasteiger partial charge on any atom is 0.416 e. The number of rotatable bonds is 3. The number of alkyl halides is 3. The van der Waals surface area contributed by atoms with Crippen LogP contribution in [0.4, 0.5) is 22.0 Å². The van der Waals surface area contributed by atoms with Crippen LogP contribution in [0.2, 0.25) is 0 Å². The highest BCUT2D eigenvalue weighted by Gasteiger charge is 2.32. The summed E-state index contributed by atoms with van der Waals surface area (Å²) in [5.74, 6) is -2.46. The van der Waals surface area contributed by atoms with Gasteiger partial charge in [0, 0.05) is 39.9 Å². The Balaban J connectivity index is 1.98. The van der Waals surface area contributed by atoms with Crippen molar-refractivity contribution in [3.63, 3.8) is 0 Å². The molecule has 0 amide bonds. The number of aromatic nitrogens is 1. The standard InChI is InChI=1S/C23H12F5NO2/c24-14-4-1-12(2-5-14)22(31)21-17-8-6-15(30)10-20(17)29-11-18(21)16-7-3-13(9-19(16)25)23(26,27)28/h1-11,30H. The molecule has 0 atom stereocenters. The summed E-state index contributed by atoms with van der Waals surface area (Å²) in [6.45, 7) is 0. The minimum atomic E-state index is -4.73. The fourth-order valence-corrected chi connectivity index (χ4v) is 3.29. The maximum absolute atomic E-state index is 14.7. The summed E-state index contributed by atoms with van der Waals surface area (Å²) in [7, 11) is 0. The zero-order chi connectivity index (χ0) is 22.3. The van der Waals surface area contributed by atoms with Crippen molar-refractivity contribution in [1.29, 1.82) is 0 Å². The van der Waals surface area contributed by atoms with E-state index in [-0.39, 0.29) is 38.9 Å². The van der Waals surface area contributed by atoms with E-state index in [4.69, 9.17) is 0 Å². The van der Waals surface area contributed by atoms with Gasteiger partial charge in [0.2, 0.25) is 0 Å². The van der Waals surface area contributed by atoms with E-state index in [9.17, 15) is 31.9 Å². The van der Waals surface area contributed by atoms with Crippen molar-refractivity contribution < 1.29 is 31.9 Å². The van der Waals surface area contributed by atoms with Gasteiger partial charge in [0.05, 0.1) is 11.1 Å². The quantitative estimate of drug-likeness (QED) is 0.315. The Morgan fingerprint density at radius 3 is 2.23 bits per heavy atom. The molecule has 0 saturated heterocycles. The number of aromatic hydroxyl groups is 1. The van der Waals surface area contributed by atoms with E-state index in [2.05, 4.69) is 4.98 Å². The molecule has 4 rings (SSSR count). The van der Waals surface area contributed by atoms with Gasteiger partial charge in [-0.25, -0.2) is 8.78 Å². The molecule has 1 aromatic heterocycles. The van der Waals surface area contributed by atoms with E-state index in [1.54, 1.807) is 0 Å². The average molecular weight is 429 g/mol. The molecule has 0 radical (unpaired) electrons. The van der Waals surface area contributed by atoms with Gasteiger partial charge >= 0.3 is 6.18 Å². The maximum atomic E-state index is 14.7. The van der Waals surface area contributed by atoms with Crippen molar-refractivity contribution in [2.45, 2.75) is 6.18 Å². The lowest BCUT2D eigenvalue weighted by molar-refractivity contribution is -0.137. The number of fused-ring (bicyclic) bond motifs is 1. The summed E-state index contributed by atoms with van der Waals surface area (Å²) >= 11 is 0. The Morgan fingerprint density at radius 2 is 1.58 bits per heavy atom. The Morgan fingerprint density at radius 1 is 0.871 bits per heavy atom. The molecule has 3 aromatic carbocycles. The number of carbonyl (C=O) groups excluding carboxylic acids is 1. The van der Waals surface area contributed by atoms with Crippen molar-refractivity contribution in [3.8, 4) is 16.9 Å². The smallest absolute Gasteiger partial charge is 0.416 e. The summed E-state index contributed by atoms with van der Waals surface area (Å²) in [5.41, 5.74) is -1.16. The third-order valence-corrected chi connectivity index (χ3v) is 4.77. The largest absolute Gasteiger partial charge is 0.508 e. The Bertz CT molecular complexity index is 1310.